The molecule has 1 aromatic heterocycles. The van der Waals surface area contributed by atoms with Gasteiger partial charge in [0.15, 0.2) is 0 Å². The summed E-state index contributed by atoms with van der Waals surface area (Å²) >= 11 is 0. The first kappa shape index (κ1) is 16.8. The summed E-state index contributed by atoms with van der Waals surface area (Å²) in [6.07, 6.45) is 8.24. The highest BCUT2D eigenvalue weighted by atomic mass is 16.5. The van der Waals surface area contributed by atoms with E-state index in [1.807, 2.05) is 30.6 Å². The second-order valence-electron chi connectivity index (χ2n) is 6.70. The molecule has 132 valence electrons. The van der Waals surface area contributed by atoms with Crippen LogP contribution < -0.4 is 4.74 Å². The minimum atomic E-state index is 0.743. The number of benzene rings is 2. The van der Waals surface area contributed by atoms with Crippen molar-refractivity contribution < 1.29 is 4.74 Å². The third-order valence-corrected chi connectivity index (χ3v) is 4.95. The molecule has 3 aromatic rings. The molecule has 3 nitrogen and oxygen atoms in total. The van der Waals surface area contributed by atoms with E-state index in [0.29, 0.717) is 0 Å². The third kappa shape index (κ3) is 3.94. The highest BCUT2D eigenvalue weighted by molar-refractivity contribution is 5.87. The predicted molar refractivity (Wildman–Crippen MR) is 107 cm³/mol. The molecule has 0 N–H and O–H groups in total. The molecular weight excluding hydrogens is 320 g/mol. The summed E-state index contributed by atoms with van der Waals surface area (Å²) in [5, 5.41) is 2.26. The van der Waals surface area contributed by atoms with E-state index in [4.69, 9.17) is 4.74 Å². The van der Waals surface area contributed by atoms with Crippen LogP contribution in [0, 0.1) is 0 Å². The number of fused-ring (bicyclic) bond motifs is 1. The van der Waals surface area contributed by atoms with Gasteiger partial charge in [-0.05, 0) is 36.1 Å². The Hall–Kier alpha value is -2.65. The molecule has 2 aromatic carbocycles. The highest BCUT2D eigenvalue weighted by Gasteiger charge is 2.12. The van der Waals surface area contributed by atoms with Crippen molar-refractivity contribution >= 4 is 16.3 Å². The molecule has 26 heavy (non-hydrogen) atoms. The molecule has 0 radical (unpaired) electrons. The van der Waals surface area contributed by atoms with E-state index >= 15 is 0 Å². The van der Waals surface area contributed by atoms with Crippen LogP contribution in [0.4, 0.5) is 0 Å². The Kier molecular flexibility index (Phi) is 5.27. The van der Waals surface area contributed by atoms with Crippen molar-refractivity contribution in [2.75, 3.05) is 26.2 Å². The maximum atomic E-state index is 6.03. The van der Waals surface area contributed by atoms with E-state index in [-0.39, 0.29) is 0 Å². The molecule has 0 bridgehead atoms. The van der Waals surface area contributed by atoms with Gasteiger partial charge < -0.3 is 4.74 Å². The number of hydrogen-bond acceptors (Lipinski definition) is 3. The molecule has 0 aliphatic carbocycles. The fourth-order valence-electron chi connectivity index (χ4n) is 3.52. The zero-order valence-corrected chi connectivity index (χ0v) is 15.0. The van der Waals surface area contributed by atoms with Crippen LogP contribution in [0.1, 0.15) is 18.4 Å². The number of ether oxygens (including phenoxy) is 1. The molecule has 0 saturated heterocycles. The minimum absolute atomic E-state index is 0.743. The van der Waals surface area contributed by atoms with E-state index < -0.39 is 0 Å². The van der Waals surface area contributed by atoms with Crippen molar-refractivity contribution in [2.24, 2.45) is 0 Å². The third-order valence-electron chi connectivity index (χ3n) is 4.95. The fraction of sp³-hybridized carbons (Fsp3) is 0.261. The maximum Gasteiger partial charge on any atom is 0.127 e. The second-order valence-corrected chi connectivity index (χ2v) is 6.70. The standard InChI is InChI=1S/C23H24N2O/c1-2-6-19(7-3-1)20-11-15-25(16-12-20)14-5-17-26-23-9-4-8-21-18-24-13-10-22(21)23/h1-4,6-11,13,18H,5,12,14-17H2. The van der Waals surface area contributed by atoms with E-state index in [2.05, 4.69) is 52.4 Å². The van der Waals surface area contributed by atoms with Crippen LogP contribution in [0.25, 0.3) is 16.3 Å². The van der Waals surface area contributed by atoms with Gasteiger partial charge in [-0.15, -0.1) is 0 Å². The average Bonchev–Trinajstić information content (AvgIpc) is 2.72. The topological polar surface area (TPSA) is 25.4 Å². The molecule has 0 amide bonds. The van der Waals surface area contributed by atoms with E-state index in [1.165, 1.54) is 11.1 Å². The fourth-order valence-corrected chi connectivity index (χ4v) is 3.52. The van der Waals surface area contributed by atoms with Crippen molar-refractivity contribution in [3.8, 4) is 5.75 Å². The first-order valence-corrected chi connectivity index (χ1v) is 9.32. The van der Waals surface area contributed by atoms with E-state index in [1.54, 1.807) is 0 Å². The number of rotatable bonds is 6. The van der Waals surface area contributed by atoms with Crippen LogP contribution in [0.5, 0.6) is 5.75 Å². The summed E-state index contributed by atoms with van der Waals surface area (Å²) in [5.41, 5.74) is 2.84. The predicted octanol–water partition coefficient (Wildman–Crippen LogP) is 4.79. The quantitative estimate of drug-likeness (QED) is 0.601. The summed E-state index contributed by atoms with van der Waals surface area (Å²) in [6, 6.07) is 18.9. The van der Waals surface area contributed by atoms with Crippen molar-refractivity contribution in [2.45, 2.75) is 12.8 Å². The lowest BCUT2D eigenvalue weighted by molar-refractivity contribution is 0.250. The van der Waals surface area contributed by atoms with Gasteiger partial charge in [-0.1, -0.05) is 48.5 Å². The van der Waals surface area contributed by atoms with Crippen LogP contribution in [-0.2, 0) is 0 Å². The average molecular weight is 344 g/mol. The van der Waals surface area contributed by atoms with Gasteiger partial charge in [0.2, 0.25) is 0 Å². The minimum Gasteiger partial charge on any atom is -0.493 e. The van der Waals surface area contributed by atoms with Gasteiger partial charge in [-0.2, -0.15) is 0 Å². The van der Waals surface area contributed by atoms with E-state index in [9.17, 15) is 0 Å². The van der Waals surface area contributed by atoms with Gasteiger partial charge in [0, 0.05) is 42.8 Å². The molecule has 1 aliphatic heterocycles. The summed E-state index contributed by atoms with van der Waals surface area (Å²) in [5.74, 6) is 0.954. The van der Waals surface area contributed by atoms with Crippen molar-refractivity contribution in [1.82, 2.24) is 9.88 Å². The number of pyridine rings is 1. The van der Waals surface area contributed by atoms with Gasteiger partial charge in [0.05, 0.1) is 6.61 Å². The highest BCUT2D eigenvalue weighted by Crippen LogP contribution is 2.25. The van der Waals surface area contributed by atoms with Crippen molar-refractivity contribution in [3.63, 3.8) is 0 Å². The molecule has 4 rings (SSSR count). The molecule has 0 spiro atoms. The van der Waals surface area contributed by atoms with E-state index in [0.717, 1.165) is 55.6 Å². The monoisotopic (exact) mass is 344 g/mol. The Morgan fingerprint density at radius 1 is 1.00 bits per heavy atom. The SMILES string of the molecule is C1=C(c2ccccc2)CCN(CCCOc2cccc3cnccc23)C1. The van der Waals surface area contributed by atoms with Crippen LogP contribution in [0.2, 0.25) is 0 Å². The Morgan fingerprint density at radius 3 is 2.77 bits per heavy atom. The molecular formula is C23H24N2O. The largest absolute Gasteiger partial charge is 0.493 e. The van der Waals surface area contributed by atoms with Crippen LogP contribution in [-0.4, -0.2) is 36.1 Å². The van der Waals surface area contributed by atoms with Gasteiger partial charge in [-0.25, -0.2) is 0 Å². The summed E-state index contributed by atoms with van der Waals surface area (Å²) in [7, 11) is 0. The zero-order valence-electron chi connectivity index (χ0n) is 15.0. The van der Waals surface area contributed by atoms with Crippen molar-refractivity contribution in [3.05, 3.63) is 78.6 Å². The maximum absolute atomic E-state index is 6.03. The van der Waals surface area contributed by atoms with Crippen LogP contribution in [0.3, 0.4) is 0 Å². The molecule has 2 heterocycles. The van der Waals surface area contributed by atoms with Gasteiger partial charge in [0.25, 0.3) is 0 Å². The normalized spacial score (nSPS) is 15.0. The first-order valence-electron chi connectivity index (χ1n) is 9.32. The Bertz CT molecular complexity index is 884. The molecule has 0 atom stereocenters. The molecule has 3 heteroatoms. The smallest absolute Gasteiger partial charge is 0.127 e. The first-order chi connectivity index (χ1) is 12.9. The summed E-state index contributed by atoms with van der Waals surface area (Å²) in [4.78, 5) is 6.67. The molecule has 0 fully saturated rings. The molecule has 0 saturated carbocycles. The van der Waals surface area contributed by atoms with Gasteiger partial charge >= 0.3 is 0 Å². The summed E-state index contributed by atoms with van der Waals surface area (Å²) < 4.78 is 6.03. The Morgan fingerprint density at radius 2 is 1.92 bits per heavy atom. The lowest BCUT2D eigenvalue weighted by atomic mass is 9.99. The lowest BCUT2D eigenvalue weighted by Crippen LogP contribution is -2.30. The Labute approximate surface area is 154 Å². The zero-order chi connectivity index (χ0) is 17.6. The lowest BCUT2D eigenvalue weighted by Gasteiger charge is -2.26. The number of hydrogen-bond donors (Lipinski definition) is 0. The van der Waals surface area contributed by atoms with Gasteiger partial charge in [0.1, 0.15) is 5.75 Å². The second kappa shape index (κ2) is 8.15. The number of nitrogens with zero attached hydrogens (tertiary/aromatic N) is 2. The van der Waals surface area contributed by atoms with Crippen LogP contribution in [0.15, 0.2) is 73.1 Å². The summed E-state index contributed by atoms with van der Waals surface area (Å²) in [6.45, 7) is 3.98. The molecule has 0 unspecified atom stereocenters. The van der Waals surface area contributed by atoms with Crippen molar-refractivity contribution in [1.29, 1.82) is 0 Å². The van der Waals surface area contributed by atoms with Crippen LogP contribution >= 0.6 is 0 Å². The van der Waals surface area contributed by atoms with Gasteiger partial charge in [-0.3, -0.25) is 9.88 Å². The number of aromatic nitrogens is 1. The Balaban J connectivity index is 1.26. The molecule has 1 aliphatic rings.